The van der Waals surface area contributed by atoms with Crippen LogP contribution in [0.15, 0.2) is 91.0 Å². The van der Waals surface area contributed by atoms with E-state index in [-0.39, 0.29) is 0 Å². The maximum absolute atomic E-state index is 6.72. The second-order valence-electron chi connectivity index (χ2n) is 6.48. The molecule has 0 radical (unpaired) electrons. The summed E-state index contributed by atoms with van der Waals surface area (Å²) in [7, 11) is 1.90. The first-order chi connectivity index (χ1) is 12.3. The maximum atomic E-state index is 6.72. The molecule has 0 aliphatic carbocycles. The fourth-order valence-electron chi connectivity index (χ4n) is 3.93. The van der Waals surface area contributed by atoms with Crippen LogP contribution in [0.25, 0.3) is 0 Å². The van der Waals surface area contributed by atoms with Crippen molar-refractivity contribution in [3.05, 3.63) is 91.0 Å². The van der Waals surface area contributed by atoms with Crippen LogP contribution in [0.5, 0.6) is 0 Å². The predicted octanol–water partition coefficient (Wildman–Crippen LogP) is 4.88. The molecular formula is C23H27OP. The Hall–Kier alpha value is -1.95. The summed E-state index contributed by atoms with van der Waals surface area (Å²) in [5, 5.41) is 3.92. The van der Waals surface area contributed by atoms with Crippen LogP contribution in [0.1, 0.15) is 19.8 Å². The minimum absolute atomic E-state index is 1.02. The van der Waals surface area contributed by atoms with Crippen molar-refractivity contribution >= 4 is 22.7 Å². The molecule has 3 rings (SSSR count). The van der Waals surface area contributed by atoms with E-state index in [0.717, 1.165) is 19.0 Å². The average molecular weight is 350 g/mol. The first kappa shape index (κ1) is 17.9. The van der Waals surface area contributed by atoms with Crippen molar-refractivity contribution in [1.29, 1.82) is 0 Å². The molecule has 3 aromatic carbocycles. The molecule has 0 heterocycles. The van der Waals surface area contributed by atoms with Crippen LogP contribution in [-0.2, 0) is 4.52 Å². The van der Waals surface area contributed by atoms with Gasteiger partial charge in [0.25, 0.3) is 0 Å². The van der Waals surface area contributed by atoms with Crippen LogP contribution in [-0.4, -0.2) is 13.3 Å². The van der Waals surface area contributed by atoms with E-state index in [4.69, 9.17) is 4.52 Å². The van der Waals surface area contributed by atoms with Gasteiger partial charge in [-0.15, -0.1) is 0 Å². The molecule has 0 bridgehead atoms. The zero-order valence-electron chi connectivity index (χ0n) is 15.1. The summed E-state index contributed by atoms with van der Waals surface area (Å²) in [5.41, 5.74) is 0. The SMILES string of the molecule is CCCCP(OC)(c1ccccc1)(c1ccccc1)c1ccccc1. The van der Waals surface area contributed by atoms with Crippen molar-refractivity contribution in [2.75, 3.05) is 13.3 Å². The molecule has 0 aliphatic heterocycles. The molecule has 0 atom stereocenters. The number of hydrogen-bond donors (Lipinski definition) is 0. The van der Waals surface area contributed by atoms with Crippen molar-refractivity contribution < 1.29 is 4.52 Å². The Kier molecular flexibility index (Phi) is 5.37. The van der Waals surface area contributed by atoms with Crippen LogP contribution in [0.2, 0.25) is 0 Å². The Labute approximate surface area is 151 Å². The summed E-state index contributed by atoms with van der Waals surface area (Å²) in [5.74, 6) is 0. The van der Waals surface area contributed by atoms with E-state index >= 15 is 0 Å². The van der Waals surface area contributed by atoms with Crippen LogP contribution in [0.4, 0.5) is 0 Å². The summed E-state index contributed by atoms with van der Waals surface area (Å²) >= 11 is 0. The van der Waals surface area contributed by atoms with Crippen molar-refractivity contribution in [2.45, 2.75) is 19.8 Å². The molecule has 3 aromatic rings. The zero-order valence-corrected chi connectivity index (χ0v) is 16.0. The molecule has 0 unspecified atom stereocenters. The molecule has 0 N–H and O–H groups in total. The first-order valence-corrected chi connectivity index (χ1v) is 11.4. The summed E-state index contributed by atoms with van der Waals surface area (Å²) in [6, 6.07) is 32.5. The quantitative estimate of drug-likeness (QED) is 0.552. The molecule has 2 heteroatoms. The summed E-state index contributed by atoms with van der Waals surface area (Å²) in [6.07, 6.45) is 3.30. The van der Waals surface area contributed by atoms with Crippen LogP contribution in [0, 0.1) is 0 Å². The normalized spacial score (nSPS) is 13.1. The Morgan fingerprint density at radius 1 is 0.640 bits per heavy atom. The molecule has 0 aliphatic rings. The van der Waals surface area contributed by atoms with Gasteiger partial charge in [-0.2, -0.15) is 0 Å². The van der Waals surface area contributed by atoms with Crippen molar-refractivity contribution in [2.24, 2.45) is 0 Å². The summed E-state index contributed by atoms with van der Waals surface area (Å²) in [4.78, 5) is 0. The van der Waals surface area contributed by atoms with Gasteiger partial charge in [0.1, 0.15) is 0 Å². The second kappa shape index (κ2) is 7.52. The topological polar surface area (TPSA) is 9.23 Å². The predicted molar refractivity (Wildman–Crippen MR) is 112 cm³/mol. The number of hydrogen-bond acceptors (Lipinski definition) is 1. The number of benzene rings is 3. The van der Waals surface area contributed by atoms with E-state index in [1.165, 1.54) is 15.9 Å². The van der Waals surface area contributed by atoms with Gasteiger partial charge in [-0.05, 0) is 0 Å². The van der Waals surface area contributed by atoms with Gasteiger partial charge in [0.2, 0.25) is 0 Å². The Bertz CT molecular complexity index is 685. The Morgan fingerprint density at radius 3 is 1.28 bits per heavy atom. The fraction of sp³-hybridized carbons (Fsp3) is 0.217. The van der Waals surface area contributed by atoms with E-state index in [1.807, 2.05) is 7.11 Å². The van der Waals surface area contributed by atoms with E-state index in [1.54, 1.807) is 0 Å². The molecule has 0 amide bonds. The number of unbranched alkanes of at least 4 members (excludes halogenated alkanes) is 1. The van der Waals surface area contributed by atoms with Gasteiger partial charge in [-0.25, -0.2) is 0 Å². The third-order valence-corrected chi connectivity index (χ3v) is 11.4. The average Bonchev–Trinajstić information content (AvgIpc) is 2.72. The van der Waals surface area contributed by atoms with Crippen LogP contribution in [0.3, 0.4) is 0 Å². The first-order valence-electron chi connectivity index (χ1n) is 9.02. The molecule has 0 saturated heterocycles. The Morgan fingerprint density at radius 2 is 1.00 bits per heavy atom. The molecule has 1 nitrogen and oxygen atoms in total. The molecule has 25 heavy (non-hydrogen) atoms. The van der Waals surface area contributed by atoms with Crippen LogP contribution >= 0.6 is 6.83 Å². The van der Waals surface area contributed by atoms with Gasteiger partial charge in [-0.3, -0.25) is 0 Å². The third-order valence-electron chi connectivity index (χ3n) is 5.25. The number of rotatable bonds is 7. The van der Waals surface area contributed by atoms with Gasteiger partial charge in [0, 0.05) is 0 Å². The van der Waals surface area contributed by atoms with Crippen molar-refractivity contribution in [1.82, 2.24) is 0 Å². The van der Waals surface area contributed by atoms with E-state index in [2.05, 4.69) is 97.9 Å². The van der Waals surface area contributed by atoms with Gasteiger partial charge in [0.05, 0.1) is 0 Å². The summed E-state index contributed by atoms with van der Waals surface area (Å²) < 4.78 is 6.72. The molecule has 130 valence electrons. The van der Waals surface area contributed by atoms with Gasteiger partial charge in [0.15, 0.2) is 0 Å². The second-order valence-corrected chi connectivity index (χ2v) is 11.3. The van der Waals surface area contributed by atoms with Crippen molar-refractivity contribution in [3.8, 4) is 0 Å². The van der Waals surface area contributed by atoms with E-state index in [0.29, 0.717) is 0 Å². The fourth-order valence-corrected chi connectivity index (χ4v) is 9.74. The molecular weight excluding hydrogens is 323 g/mol. The molecule has 0 saturated carbocycles. The van der Waals surface area contributed by atoms with Gasteiger partial charge >= 0.3 is 151 Å². The van der Waals surface area contributed by atoms with Crippen LogP contribution < -0.4 is 15.9 Å². The standard InChI is InChI=1S/C23H27OP/c1-3-4-20-25(24-2,21-14-8-5-9-15-21,22-16-10-6-11-17-22)23-18-12-7-13-19-23/h5-19H,3-4,20H2,1-2H3. The van der Waals surface area contributed by atoms with Gasteiger partial charge < -0.3 is 0 Å². The zero-order chi connectivity index (χ0) is 17.6. The summed E-state index contributed by atoms with van der Waals surface area (Å²) in [6.45, 7) is -0.726. The Balaban J connectivity index is 2.43. The minimum atomic E-state index is -2.98. The van der Waals surface area contributed by atoms with Gasteiger partial charge in [-0.1, -0.05) is 0 Å². The monoisotopic (exact) mass is 350 g/mol. The molecule has 0 aromatic heterocycles. The molecule has 0 spiro atoms. The van der Waals surface area contributed by atoms with E-state index in [9.17, 15) is 0 Å². The third kappa shape index (κ3) is 2.82. The molecule has 0 fully saturated rings. The van der Waals surface area contributed by atoms with E-state index < -0.39 is 6.83 Å². The van der Waals surface area contributed by atoms with Crippen molar-refractivity contribution in [3.63, 3.8) is 0 Å².